The standard InChI is InChI=1S/C9H7F2NO2/c1-5(2)6-3-7(10)8(11)4-9(6)12(13)14/h3-4H,1H2,2H3. The molecule has 0 saturated heterocycles. The van der Waals surface area contributed by atoms with Crippen LogP contribution in [0.4, 0.5) is 14.5 Å². The monoisotopic (exact) mass is 199 g/mol. The predicted molar refractivity (Wildman–Crippen MR) is 47.7 cm³/mol. The van der Waals surface area contributed by atoms with Gasteiger partial charge in [-0.1, -0.05) is 6.58 Å². The van der Waals surface area contributed by atoms with Gasteiger partial charge in [0.25, 0.3) is 5.69 Å². The third-order valence-electron chi connectivity index (χ3n) is 1.70. The van der Waals surface area contributed by atoms with Crippen LogP contribution >= 0.6 is 0 Å². The van der Waals surface area contributed by atoms with Crippen molar-refractivity contribution in [2.24, 2.45) is 0 Å². The molecule has 0 fully saturated rings. The topological polar surface area (TPSA) is 43.1 Å². The minimum absolute atomic E-state index is 0.00824. The Morgan fingerprint density at radius 3 is 2.36 bits per heavy atom. The predicted octanol–water partition coefficient (Wildman–Crippen LogP) is 2.91. The molecular weight excluding hydrogens is 192 g/mol. The number of allylic oxidation sites excluding steroid dienone is 1. The van der Waals surface area contributed by atoms with E-state index in [0.29, 0.717) is 11.6 Å². The zero-order valence-electron chi connectivity index (χ0n) is 7.38. The second kappa shape index (κ2) is 3.53. The zero-order chi connectivity index (χ0) is 10.9. The van der Waals surface area contributed by atoms with E-state index in [-0.39, 0.29) is 5.56 Å². The molecule has 1 rings (SSSR count). The van der Waals surface area contributed by atoms with Gasteiger partial charge in [-0.3, -0.25) is 10.1 Å². The molecule has 1 aromatic carbocycles. The van der Waals surface area contributed by atoms with Crippen LogP contribution in [0, 0.1) is 21.7 Å². The molecule has 5 heteroatoms. The van der Waals surface area contributed by atoms with Gasteiger partial charge in [-0.2, -0.15) is 0 Å². The Hall–Kier alpha value is -1.78. The molecule has 0 amide bonds. The van der Waals surface area contributed by atoms with Gasteiger partial charge in [-0.25, -0.2) is 8.78 Å². The van der Waals surface area contributed by atoms with E-state index < -0.39 is 22.2 Å². The van der Waals surface area contributed by atoms with E-state index >= 15 is 0 Å². The molecule has 0 unspecified atom stereocenters. The third kappa shape index (κ3) is 1.76. The van der Waals surface area contributed by atoms with Crippen LogP contribution in [0.2, 0.25) is 0 Å². The zero-order valence-corrected chi connectivity index (χ0v) is 7.38. The van der Waals surface area contributed by atoms with Gasteiger partial charge in [0, 0.05) is 0 Å². The number of hydrogen-bond donors (Lipinski definition) is 0. The molecule has 0 bridgehead atoms. The Balaban J connectivity index is 3.46. The molecule has 0 aliphatic carbocycles. The number of hydrogen-bond acceptors (Lipinski definition) is 2. The molecule has 0 aliphatic heterocycles. The summed E-state index contributed by atoms with van der Waals surface area (Å²) in [6.07, 6.45) is 0. The van der Waals surface area contributed by atoms with Crippen LogP contribution in [0.5, 0.6) is 0 Å². The second-order valence-corrected chi connectivity index (χ2v) is 2.82. The smallest absolute Gasteiger partial charge is 0.258 e. The van der Waals surface area contributed by atoms with E-state index in [0.717, 1.165) is 6.07 Å². The van der Waals surface area contributed by atoms with Crippen LogP contribution in [0.1, 0.15) is 12.5 Å². The number of nitrogens with zero attached hydrogens (tertiary/aromatic N) is 1. The molecule has 0 spiro atoms. The van der Waals surface area contributed by atoms with E-state index in [4.69, 9.17) is 0 Å². The second-order valence-electron chi connectivity index (χ2n) is 2.82. The molecule has 14 heavy (non-hydrogen) atoms. The molecule has 74 valence electrons. The summed E-state index contributed by atoms with van der Waals surface area (Å²) < 4.78 is 25.4. The van der Waals surface area contributed by atoms with Crippen molar-refractivity contribution in [2.75, 3.05) is 0 Å². The van der Waals surface area contributed by atoms with E-state index in [1.54, 1.807) is 0 Å². The van der Waals surface area contributed by atoms with Crippen molar-refractivity contribution in [3.05, 3.63) is 46.0 Å². The highest BCUT2D eigenvalue weighted by molar-refractivity contribution is 5.69. The van der Waals surface area contributed by atoms with E-state index in [1.165, 1.54) is 6.92 Å². The van der Waals surface area contributed by atoms with E-state index in [9.17, 15) is 18.9 Å². The van der Waals surface area contributed by atoms with Crippen LogP contribution < -0.4 is 0 Å². The van der Waals surface area contributed by atoms with Crippen molar-refractivity contribution in [1.29, 1.82) is 0 Å². The quantitative estimate of drug-likeness (QED) is 0.542. The molecule has 0 saturated carbocycles. The number of halogens is 2. The maximum absolute atomic E-state index is 12.7. The van der Waals surface area contributed by atoms with Crippen LogP contribution in [-0.4, -0.2) is 4.92 Å². The van der Waals surface area contributed by atoms with Gasteiger partial charge in [0.15, 0.2) is 11.6 Å². The summed E-state index contributed by atoms with van der Waals surface area (Å²) >= 11 is 0. The molecule has 0 heterocycles. The normalized spacial score (nSPS) is 9.93. The summed E-state index contributed by atoms with van der Waals surface area (Å²) in [7, 11) is 0. The van der Waals surface area contributed by atoms with Crippen molar-refractivity contribution in [2.45, 2.75) is 6.92 Å². The maximum atomic E-state index is 12.7. The molecule has 3 nitrogen and oxygen atoms in total. The summed E-state index contributed by atoms with van der Waals surface area (Å²) in [6.45, 7) is 4.93. The fourth-order valence-corrected chi connectivity index (χ4v) is 1.03. The summed E-state index contributed by atoms with van der Waals surface area (Å²) in [5.74, 6) is -2.35. The lowest BCUT2D eigenvalue weighted by Gasteiger charge is -2.02. The average Bonchev–Trinajstić information content (AvgIpc) is 2.08. The number of rotatable bonds is 2. The van der Waals surface area contributed by atoms with Gasteiger partial charge >= 0.3 is 0 Å². The minimum Gasteiger partial charge on any atom is -0.258 e. The summed E-state index contributed by atoms with van der Waals surface area (Å²) in [4.78, 5) is 9.69. The first kappa shape index (κ1) is 10.3. The average molecular weight is 199 g/mol. The van der Waals surface area contributed by atoms with Gasteiger partial charge in [0.1, 0.15) is 0 Å². The first-order valence-electron chi connectivity index (χ1n) is 3.72. The molecule has 0 N–H and O–H groups in total. The molecule has 0 radical (unpaired) electrons. The highest BCUT2D eigenvalue weighted by Crippen LogP contribution is 2.27. The largest absolute Gasteiger partial charge is 0.279 e. The SMILES string of the molecule is C=C(C)c1cc(F)c(F)cc1[N+](=O)[O-]. The van der Waals surface area contributed by atoms with Gasteiger partial charge in [-0.05, 0) is 18.6 Å². The summed E-state index contributed by atoms with van der Waals surface area (Å²) in [6, 6.07) is 1.33. The maximum Gasteiger partial charge on any atom is 0.279 e. The van der Waals surface area contributed by atoms with Gasteiger partial charge in [0.2, 0.25) is 0 Å². The molecular formula is C9H7F2NO2. The molecule has 0 aromatic heterocycles. The first-order chi connectivity index (χ1) is 6.43. The number of nitro groups is 1. The third-order valence-corrected chi connectivity index (χ3v) is 1.70. The van der Waals surface area contributed by atoms with Crippen molar-refractivity contribution in [3.8, 4) is 0 Å². The lowest BCUT2D eigenvalue weighted by atomic mass is 10.1. The Labute approximate surface area is 78.8 Å². The first-order valence-corrected chi connectivity index (χ1v) is 3.72. The Kier molecular flexibility index (Phi) is 2.60. The Bertz CT molecular complexity index is 377. The van der Waals surface area contributed by atoms with Crippen LogP contribution in [0.25, 0.3) is 5.57 Å². The summed E-state index contributed by atoms with van der Waals surface area (Å²) in [5, 5.41) is 10.5. The fourth-order valence-electron chi connectivity index (χ4n) is 1.03. The van der Waals surface area contributed by atoms with Crippen molar-refractivity contribution >= 4 is 11.3 Å². The Morgan fingerprint density at radius 2 is 1.93 bits per heavy atom. The minimum atomic E-state index is -1.23. The van der Waals surface area contributed by atoms with E-state index in [1.807, 2.05) is 0 Å². The lowest BCUT2D eigenvalue weighted by Crippen LogP contribution is -1.97. The number of benzene rings is 1. The van der Waals surface area contributed by atoms with Gasteiger partial charge < -0.3 is 0 Å². The van der Waals surface area contributed by atoms with Crippen molar-refractivity contribution in [3.63, 3.8) is 0 Å². The molecule has 1 aromatic rings. The Morgan fingerprint density at radius 1 is 1.43 bits per heavy atom. The van der Waals surface area contributed by atoms with Crippen LogP contribution in [0.15, 0.2) is 18.7 Å². The van der Waals surface area contributed by atoms with Crippen LogP contribution in [-0.2, 0) is 0 Å². The highest BCUT2D eigenvalue weighted by Gasteiger charge is 2.18. The summed E-state index contributed by atoms with van der Waals surface area (Å²) in [5.41, 5.74) is -0.152. The lowest BCUT2D eigenvalue weighted by molar-refractivity contribution is -0.385. The van der Waals surface area contributed by atoms with Crippen LogP contribution in [0.3, 0.4) is 0 Å². The highest BCUT2D eigenvalue weighted by atomic mass is 19.2. The molecule has 0 aliphatic rings. The van der Waals surface area contributed by atoms with E-state index in [2.05, 4.69) is 6.58 Å². The fraction of sp³-hybridized carbons (Fsp3) is 0.111. The van der Waals surface area contributed by atoms with Gasteiger partial charge in [-0.15, -0.1) is 0 Å². The number of nitro benzene ring substituents is 1. The van der Waals surface area contributed by atoms with Crippen molar-refractivity contribution < 1.29 is 13.7 Å². The molecule has 0 atom stereocenters. The van der Waals surface area contributed by atoms with Crippen molar-refractivity contribution in [1.82, 2.24) is 0 Å². The van der Waals surface area contributed by atoms with Gasteiger partial charge in [0.05, 0.1) is 16.6 Å².